The van der Waals surface area contributed by atoms with Crippen molar-refractivity contribution in [2.24, 2.45) is 0 Å². The molecule has 0 N–H and O–H groups in total. The molecule has 0 radical (unpaired) electrons. The summed E-state index contributed by atoms with van der Waals surface area (Å²) in [6.07, 6.45) is 0. The second-order valence-electron chi connectivity index (χ2n) is 17.0. The van der Waals surface area contributed by atoms with Gasteiger partial charge >= 0.3 is 0 Å². The highest BCUT2D eigenvalue weighted by molar-refractivity contribution is 7.25. The third-order valence-corrected chi connectivity index (χ3v) is 14.0. The number of thiophene rings is 1. The van der Waals surface area contributed by atoms with Crippen molar-refractivity contribution in [1.82, 2.24) is 9.97 Å². The fraction of sp³-hybridized carbons (Fsp3) is 0.0508. The van der Waals surface area contributed by atoms with E-state index in [9.17, 15) is 0 Å². The van der Waals surface area contributed by atoms with E-state index in [1.54, 1.807) is 0 Å². The van der Waals surface area contributed by atoms with Crippen molar-refractivity contribution in [3.05, 3.63) is 217 Å². The minimum absolute atomic E-state index is 0.0987. The first-order valence-electron chi connectivity index (χ1n) is 21.3. The Bertz CT molecular complexity index is 3530. The SMILES string of the molecule is CC1(C)c2cc3ccccc3cc2-c2c(-c3ccc(-c4cc(-c5cc(-c6ccccc6)cc(-c6ccc7sc8ccccc8c7c6)c5)nc(-c5ccccc5)n4)cc3)cccc21. The fourth-order valence-corrected chi connectivity index (χ4v) is 10.7. The van der Waals surface area contributed by atoms with E-state index < -0.39 is 0 Å². The van der Waals surface area contributed by atoms with Crippen molar-refractivity contribution in [2.75, 3.05) is 0 Å². The largest absolute Gasteiger partial charge is 0.228 e. The van der Waals surface area contributed by atoms with Gasteiger partial charge in [0, 0.05) is 42.3 Å². The monoisotopic (exact) mass is 808 g/mol. The van der Waals surface area contributed by atoms with Crippen LogP contribution < -0.4 is 0 Å². The van der Waals surface area contributed by atoms with Crippen molar-refractivity contribution in [3.63, 3.8) is 0 Å². The van der Waals surface area contributed by atoms with E-state index in [0.29, 0.717) is 5.82 Å². The summed E-state index contributed by atoms with van der Waals surface area (Å²) in [6, 6.07) is 74.9. The van der Waals surface area contributed by atoms with Crippen molar-refractivity contribution < 1.29 is 0 Å². The standard InChI is InChI=1S/C59H40N2S/c1-59(2)51-22-13-21-47(57(51)50-34-41-18-9-10-19-42(41)35-52(50)59)38-24-26-39(27-25-38)53-36-54(61-58(60-53)40-16-7-4-8-17-40)46-31-44(37-14-5-3-6-15-37)30-45(32-46)43-28-29-56-49(33-43)48-20-11-12-23-55(48)62-56/h3-36H,1-2H3. The van der Waals surface area contributed by atoms with Gasteiger partial charge in [0.2, 0.25) is 0 Å². The number of hydrogen-bond acceptors (Lipinski definition) is 3. The Morgan fingerprint density at radius 1 is 0.355 bits per heavy atom. The first kappa shape index (κ1) is 36.4. The lowest BCUT2D eigenvalue weighted by Gasteiger charge is -2.22. The topological polar surface area (TPSA) is 25.8 Å². The summed E-state index contributed by atoms with van der Waals surface area (Å²) in [6.45, 7) is 4.72. The summed E-state index contributed by atoms with van der Waals surface area (Å²) in [5.41, 5.74) is 17.2. The van der Waals surface area contributed by atoms with Crippen LogP contribution in [0.1, 0.15) is 25.0 Å². The molecule has 1 aliphatic rings. The molecule has 11 aromatic rings. The van der Waals surface area contributed by atoms with Crippen LogP contribution in [-0.4, -0.2) is 9.97 Å². The summed E-state index contributed by atoms with van der Waals surface area (Å²) in [5, 5.41) is 5.14. The van der Waals surface area contributed by atoms with Crippen LogP contribution in [0.15, 0.2) is 206 Å². The van der Waals surface area contributed by atoms with E-state index in [2.05, 4.69) is 214 Å². The molecular formula is C59H40N2S. The molecule has 62 heavy (non-hydrogen) atoms. The number of fused-ring (bicyclic) bond motifs is 7. The molecule has 2 aromatic heterocycles. The molecule has 2 heterocycles. The van der Waals surface area contributed by atoms with Gasteiger partial charge in [0.05, 0.1) is 11.4 Å². The average Bonchev–Trinajstić information content (AvgIpc) is 3.82. The third-order valence-electron chi connectivity index (χ3n) is 12.9. The van der Waals surface area contributed by atoms with Crippen LogP contribution in [0.3, 0.4) is 0 Å². The lowest BCUT2D eigenvalue weighted by Crippen LogP contribution is -2.14. The first-order chi connectivity index (χ1) is 30.4. The second-order valence-corrected chi connectivity index (χ2v) is 18.1. The number of hydrogen-bond donors (Lipinski definition) is 0. The quantitative estimate of drug-likeness (QED) is 0.167. The van der Waals surface area contributed by atoms with E-state index in [1.165, 1.54) is 69.9 Å². The lowest BCUT2D eigenvalue weighted by atomic mass is 9.81. The van der Waals surface area contributed by atoms with Crippen LogP contribution in [0.25, 0.3) is 109 Å². The first-order valence-corrected chi connectivity index (χ1v) is 22.1. The molecule has 0 atom stereocenters. The maximum absolute atomic E-state index is 5.30. The third kappa shape index (κ3) is 6.08. The Labute approximate surface area is 365 Å². The molecule has 0 saturated heterocycles. The highest BCUT2D eigenvalue weighted by Crippen LogP contribution is 2.53. The lowest BCUT2D eigenvalue weighted by molar-refractivity contribution is 0.661. The average molecular weight is 809 g/mol. The van der Waals surface area contributed by atoms with Gasteiger partial charge in [-0.1, -0.05) is 166 Å². The number of nitrogens with zero attached hydrogens (tertiary/aromatic N) is 2. The predicted octanol–water partition coefficient (Wildman–Crippen LogP) is 16.3. The summed E-state index contributed by atoms with van der Waals surface area (Å²) in [7, 11) is 0. The minimum Gasteiger partial charge on any atom is -0.228 e. The molecule has 0 bridgehead atoms. The molecule has 2 nitrogen and oxygen atoms in total. The normalized spacial score (nSPS) is 12.8. The summed E-state index contributed by atoms with van der Waals surface area (Å²) < 4.78 is 2.61. The van der Waals surface area contributed by atoms with Crippen molar-refractivity contribution in [1.29, 1.82) is 0 Å². The van der Waals surface area contributed by atoms with Gasteiger partial charge in [0.1, 0.15) is 0 Å². The number of rotatable bonds is 6. The molecule has 0 fully saturated rings. The van der Waals surface area contributed by atoms with Crippen LogP contribution in [0.5, 0.6) is 0 Å². The molecule has 0 saturated carbocycles. The zero-order valence-corrected chi connectivity index (χ0v) is 35.2. The van der Waals surface area contributed by atoms with E-state index in [4.69, 9.17) is 9.97 Å². The smallest absolute Gasteiger partial charge is 0.160 e. The summed E-state index contributed by atoms with van der Waals surface area (Å²) in [5.74, 6) is 0.701. The molecule has 3 heteroatoms. The highest BCUT2D eigenvalue weighted by Gasteiger charge is 2.37. The molecule has 292 valence electrons. The Hall–Kier alpha value is -7.46. The van der Waals surface area contributed by atoms with Crippen molar-refractivity contribution in [2.45, 2.75) is 19.3 Å². The zero-order chi connectivity index (χ0) is 41.4. The van der Waals surface area contributed by atoms with Gasteiger partial charge in [0.15, 0.2) is 5.82 Å². The molecule has 12 rings (SSSR count). The fourth-order valence-electron chi connectivity index (χ4n) is 9.64. The predicted molar refractivity (Wildman–Crippen MR) is 263 cm³/mol. The number of benzene rings is 9. The van der Waals surface area contributed by atoms with E-state index in [1.807, 2.05) is 17.4 Å². The second kappa shape index (κ2) is 14.3. The Morgan fingerprint density at radius 2 is 0.952 bits per heavy atom. The summed E-state index contributed by atoms with van der Waals surface area (Å²) in [4.78, 5) is 10.5. The minimum atomic E-state index is -0.0987. The van der Waals surface area contributed by atoms with Crippen LogP contribution in [0.4, 0.5) is 0 Å². The Balaban J connectivity index is 0.993. The van der Waals surface area contributed by atoms with Crippen LogP contribution in [-0.2, 0) is 5.41 Å². The maximum Gasteiger partial charge on any atom is 0.160 e. The highest BCUT2D eigenvalue weighted by atomic mass is 32.1. The zero-order valence-electron chi connectivity index (χ0n) is 34.4. The van der Waals surface area contributed by atoms with E-state index in [0.717, 1.165) is 44.8 Å². The number of aromatic nitrogens is 2. The van der Waals surface area contributed by atoms with Gasteiger partial charge in [0.25, 0.3) is 0 Å². The van der Waals surface area contributed by atoms with Crippen molar-refractivity contribution in [3.8, 4) is 78.4 Å². The van der Waals surface area contributed by atoms with Gasteiger partial charge in [-0.3, -0.25) is 0 Å². The Kier molecular flexibility index (Phi) is 8.41. The molecule has 0 aliphatic heterocycles. The van der Waals surface area contributed by atoms with Crippen LogP contribution in [0, 0.1) is 0 Å². The van der Waals surface area contributed by atoms with E-state index in [-0.39, 0.29) is 5.41 Å². The molecular weight excluding hydrogens is 769 g/mol. The van der Waals surface area contributed by atoms with Gasteiger partial charge in [-0.2, -0.15) is 0 Å². The van der Waals surface area contributed by atoms with Gasteiger partial charge in [-0.25, -0.2) is 9.97 Å². The van der Waals surface area contributed by atoms with Gasteiger partial charge < -0.3 is 0 Å². The molecule has 1 aliphatic carbocycles. The molecule has 9 aromatic carbocycles. The van der Waals surface area contributed by atoms with Gasteiger partial charge in [-0.15, -0.1) is 11.3 Å². The maximum atomic E-state index is 5.30. The molecule has 0 spiro atoms. The Morgan fingerprint density at radius 3 is 1.73 bits per heavy atom. The van der Waals surface area contributed by atoms with Crippen molar-refractivity contribution >= 4 is 42.3 Å². The van der Waals surface area contributed by atoms with Crippen LogP contribution in [0.2, 0.25) is 0 Å². The molecule has 0 amide bonds. The van der Waals surface area contributed by atoms with Crippen LogP contribution >= 0.6 is 11.3 Å². The van der Waals surface area contributed by atoms with E-state index >= 15 is 0 Å². The molecule has 0 unspecified atom stereocenters. The van der Waals surface area contributed by atoms with Gasteiger partial charge in [-0.05, 0) is 121 Å². The summed E-state index contributed by atoms with van der Waals surface area (Å²) >= 11 is 1.85.